The van der Waals surface area contributed by atoms with Crippen molar-refractivity contribution in [2.75, 3.05) is 46.9 Å². The summed E-state index contributed by atoms with van der Waals surface area (Å²) < 4.78 is 37.7. The van der Waals surface area contributed by atoms with Gasteiger partial charge in [-0.15, -0.1) is 0 Å². The Bertz CT molecular complexity index is 463. The van der Waals surface area contributed by atoms with Crippen molar-refractivity contribution in [3.63, 3.8) is 0 Å². The number of piperazine rings is 1. The highest BCUT2D eigenvalue weighted by Crippen LogP contribution is 2.36. The third-order valence-corrected chi connectivity index (χ3v) is 3.53. The average Bonchev–Trinajstić information content (AvgIpc) is 2.46. The van der Waals surface area contributed by atoms with Crippen LogP contribution in [0.5, 0.6) is 11.5 Å². The zero-order chi connectivity index (χ0) is 14.5. The van der Waals surface area contributed by atoms with Gasteiger partial charge in [0.05, 0.1) is 14.2 Å². The van der Waals surface area contributed by atoms with Crippen molar-refractivity contribution in [1.82, 2.24) is 10.2 Å². The van der Waals surface area contributed by atoms with Crippen LogP contribution in [-0.4, -0.2) is 51.8 Å². The van der Waals surface area contributed by atoms with Gasteiger partial charge < -0.3 is 19.7 Å². The molecule has 0 radical (unpaired) electrons. The van der Waals surface area contributed by atoms with E-state index < -0.39 is 11.6 Å². The second-order valence-electron chi connectivity index (χ2n) is 4.73. The van der Waals surface area contributed by atoms with E-state index in [1.165, 1.54) is 14.2 Å². The SMILES string of the molecule is COc1c(F)cc(F)c(CCN2CCNCC2)c1OC. The van der Waals surface area contributed by atoms with E-state index in [9.17, 15) is 8.78 Å². The molecular formula is C14H20F2N2O2. The van der Waals surface area contributed by atoms with E-state index in [1.54, 1.807) is 0 Å². The van der Waals surface area contributed by atoms with Crippen molar-refractivity contribution >= 4 is 0 Å². The fourth-order valence-electron chi connectivity index (χ4n) is 2.46. The van der Waals surface area contributed by atoms with Crippen LogP contribution in [0.15, 0.2) is 6.07 Å². The normalized spacial score (nSPS) is 16.2. The molecule has 4 nitrogen and oxygen atoms in total. The first-order valence-electron chi connectivity index (χ1n) is 6.69. The van der Waals surface area contributed by atoms with Crippen LogP contribution in [0.1, 0.15) is 5.56 Å². The maximum absolute atomic E-state index is 14.0. The minimum absolute atomic E-state index is 0.0378. The van der Waals surface area contributed by atoms with Crippen LogP contribution in [0.3, 0.4) is 0 Å². The number of halogens is 2. The lowest BCUT2D eigenvalue weighted by atomic mass is 10.1. The molecule has 1 aromatic rings. The van der Waals surface area contributed by atoms with Crippen molar-refractivity contribution in [2.45, 2.75) is 6.42 Å². The molecule has 112 valence electrons. The van der Waals surface area contributed by atoms with Gasteiger partial charge in [0, 0.05) is 44.4 Å². The smallest absolute Gasteiger partial charge is 0.197 e. The molecule has 1 aliphatic heterocycles. The van der Waals surface area contributed by atoms with Crippen molar-refractivity contribution in [3.05, 3.63) is 23.3 Å². The van der Waals surface area contributed by atoms with Crippen LogP contribution < -0.4 is 14.8 Å². The Hall–Kier alpha value is -1.40. The van der Waals surface area contributed by atoms with Crippen LogP contribution in [-0.2, 0) is 6.42 Å². The molecule has 0 saturated carbocycles. The minimum Gasteiger partial charge on any atom is -0.492 e. The molecule has 1 N–H and O–H groups in total. The first kappa shape index (κ1) is 15.0. The largest absolute Gasteiger partial charge is 0.492 e. The molecule has 0 bridgehead atoms. The lowest BCUT2D eigenvalue weighted by Gasteiger charge is -2.27. The van der Waals surface area contributed by atoms with Crippen molar-refractivity contribution in [2.24, 2.45) is 0 Å². The predicted octanol–water partition coefficient (Wildman–Crippen LogP) is 1.43. The van der Waals surface area contributed by atoms with Crippen LogP contribution in [0, 0.1) is 11.6 Å². The number of ether oxygens (including phenoxy) is 2. The van der Waals surface area contributed by atoms with Crippen molar-refractivity contribution in [1.29, 1.82) is 0 Å². The van der Waals surface area contributed by atoms with Gasteiger partial charge in [-0.2, -0.15) is 0 Å². The lowest BCUT2D eigenvalue weighted by Crippen LogP contribution is -2.44. The van der Waals surface area contributed by atoms with Gasteiger partial charge in [-0.3, -0.25) is 0 Å². The van der Waals surface area contributed by atoms with Gasteiger partial charge in [-0.05, 0) is 6.42 Å². The minimum atomic E-state index is -0.743. The first-order valence-corrected chi connectivity index (χ1v) is 6.69. The molecule has 1 aliphatic rings. The molecule has 1 saturated heterocycles. The zero-order valence-electron chi connectivity index (χ0n) is 11.8. The summed E-state index contributed by atoms with van der Waals surface area (Å²) in [6.07, 6.45) is 0.464. The van der Waals surface area contributed by atoms with Crippen LogP contribution in [0.25, 0.3) is 0 Å². The monoisotopic (exact) mass is 286 g/mol. The topological polar surface area (TPSA) is 33.7 Å². The van der Waals surface area contributed by atoms with E-state index in [4.69, 9.17) is 9.47 Å². The number of nitrogens with zero attached hydrogens (tertiary/aromatic N) is 1. The molecule has 6 heteroatoms. The highest BCUT2D eigenvalue weighted by atomic mass is 19.1. The molecule has 0 unspecified atom stereocenters. The quantitative estimate of drug-likeness (QED) is 0.888. The molecule has 0 aromatic heterocycles. The van der Waals surface area contributed by atoms with E-state index in [2.05, 4.69) is 10.2 Å². The van der Waals surface area contributed by atoms with Gasteiger partial charge in [0.1, 0.15) is 5.82 Å². The highest BCUT2D eigenvalue weighted by molar-refractivity contribution is 5.48. The van der Waals surface area contributed by atoms with Gasteiger partial charge in [-0.1, -0.05) is 0 Å². The highest BCUT2D eigenvalue weighted by Gasteiger charge is 2.21. The summed E-state index contributed by atoms with van der Waals surface area (Å²) in [6, 6.07) is 0.856. The average molecular weight is 286 g/mol. The molecule has 1 fully saturated rings. The summed E-state index contributed by atoms with van der Waals surface area (Å²) in [5.41, 5.74) is 0.365. The molecule has 20 heavy (non-hydrogen) atoms. The summed E-state index contributed by atoms with van der Waals surface area (Å²) >= 11 is 0. The molecule has 1 heterocycles. The number of hydrogen-bond acceptors (Lipinski definition) is 4. The Kier molecular flexibility index (Phi) is 5.14. The molecule has 0 amide bonds. The van der Waals surface area contributed by atoms with E-state index in [0.29, 0.717) is 18.5 Å². The van der Waals surface area contributed by atoms with Gasteiger partial charge in [0.25, 0.3) is 0 Å². The molecule has 1 aromatic carbocycles. The molecule has 0 atom stereocenters. The maximum atomic E-state index is 14.0. The van der Waals surface area contributed by atoms with Gasteiger partial charge >= 0.3 is 0 Å². The Morgan fingerprint density at radius 3 is 2.35 bits per heavy atom. The van der Waals surface area contributed by atoms with E-state index in [0.717, 1.165) is 32.2 Å². The van der Waals surface area contributed by atoms with Gasteiger partial charge in [0.15, 0.2) is 17.3 Å². The summed E-state index contributed by atoms with van der Waals surface area (Å²) in [5.74, 6) is -1.22. The molecule has 0 aliphatic carbocycles. The molecule has 2 rings (SSSR count). The maximum Gasteiger partial charge on any atom is 0.197 e. The third kappa shape index (κ3) is 3.19. The lowest BCUT2D eigenvalue weighted by molar-refractivity contribution is 0.241. The van der Waals surface area contributed by atoms with Crippen LogP contribution in [0.4, 0.5) is 8.78 Å². The van der Waals surface area contributed by atoms with Crippen molar-refractivity contribution in [3.8, 4) is 11.5 Å². The number of hydrogen-bond donors (Lipinski definition) is 1. The van der Waals surface area contributed by atoms with E-state index in [1.807, 2.05) is 0 Å². The fraction of sp³-hybridized carbons (Fsp3) is 0.571. The number of benzene rings is 1. The second-order valence-corrected chi connectivity index (χ2v) is 4.73. The number of nitrogens with one attached hydrogen (secondary N) is 1. The summed E-state index contributed by atoms with van der Waals surface area (Å²) in [5, 5.41) is 3.26. The third-order valence-electron chi connectivity index (χ3n) is 3.53. The van der Waals surface area contributed by atoms with Gasteiger partial charge in [-0.25, -0.2) is 8.78 Å². The summed E-state index contributed by atoms with van der Waals surface area (Å²) in [4.78, 5) is 2.24. The van der Waals surface area contributed by atoms with E-state index in [-0.39, 0.29) is 11.5 Å². The fourth-order valence-corrected chi connectivity index (χ4v) is 2.46. The Balaban J connectivity index is 2.17. The Morgan fingerprint density at radius 1 is 1.10 bits per heavy atom. The van der Waals surface area contributed by atoms with Crippen molar-refractivity contribution < 1.29 is 18.3 Å². The zero-order valence-corrected chi connectivity index (χ0v) is 11.8. The standard InChI is InChI=1S/C14H20F2N2O2/c1-19-13-10(3-6-18-7-4-17-5-8-18)11(15)9-12(16)14(13)20-2/h9,17H,3-8H2,1-2H3. The summed E-state index contributed by atoms with van der Waals surface area (Å²) in [7, 11) is 2.74. The van der Waals surface area contributed by atoms with Gasteiger partial charge in [0.2, 0.25) is 0 Å². The van der Waals surface area contributed by atoms with Crippen LogP contribution in [0.2, 0.25) is 0 Å². The van der Waals surface area contributed by atoms with Crippen LogP contribution >= 0.6 is 0 Å². The summed E-state index contributed by atoms with van der Waals surface area (Å²) in [6.45, 7) is 4.45. The first-order chi connectivity index (χ1) is 9.67. The second kappa shape index (κ2) is 6.85. The Labute approximate surface area is 117 Å². The Morgan fingerprint density at radius 2 is 1.75 bits per heavy atom. The number of methoxy groups -OCH3 is 2. The number of rotatable bonds is 5. The predicted molar refractivity (Wildman–Crippen MR) is 72.5 cm³/mol. The van der Waals surface area contributed by atoms with E-state index >= 15 is 0 Å². The molecule has 0 spiro atoms. The molecular weight excluding hydrogens is 266 g/mol.